The second-order valence-corrected chi connectivity index (χ2v) is 7.10. The predicted octanol–water partition coefficient (Wildman–Crippen LogP) is 4.43. The Morgan fingerprint density at radius 2 is 1.50 bits per heavy atom. The van der Waals surface area contributed by atoms with Crippen molar-refractivity contribution < 1.29 is 5.11 Å². The van der Waals surface area contributed by atoms with Crippen molar-refractivity contribution >= 4 is 0 Å². The van der Waals surface area contributed by atoms with Crippen LogP contribution < -0.4 is 5.32 Å². The van der Waals surface area contributed by atoms with Gasteiger partial charge in [0.25, 0.3) is 0 Å². The molecule has 24 heavy (non-hydrogen) atoms. The zero-order valence-electron chi connectivity index (χ0n) is 14.5. The summed E-state index contributed by atoms with van der Waals surface area (Å²) in [7, 11) is 0. The van der Waals surface area contributed by atoms with Gasteiger partial charge in [-0.25, -0.2) is 0 Å². The number of hydrogen-bond acceptors (Lipinski definition) is 2. The van der Waals surface area contributed by atoms with E-state index in [1.165, 1.54) is 37.7 Å². The summed E-state index contributed by atoms with van der Waals surface area (Å²) < 4.78 is 0. The molecule has 1 aliphatic rings. The molecule has 1 aliphatic carbocycles. The topological polar surface area (TPSA) is 32.3 Å². The average Bonchev–Trinajstić information content (AvgIpc) is 2.64. The van der Waals surface area contributed by atoms with E-state index in [0.29, 0.717) is 12.5 Å². The van der Waals surface area contributed by atoms with Gasteiger partial charge in [0, 0.05) is 12.5 Å². The molecular weight excluding hydrogens is 294 g/mol. The van der Waals surface area contributed by atoms with Crippen molar-refractivity contribution in [2.24, 2.45) is 0 Å². The molecule has 2 N–H and O–H groups in total. The molecule has 2 nitrogen and oxygen atoms in total. The van der Waals surface area contributed by atoms with Crippen molar-refractivity contribution in [3.05, 3.63) is 71.8 Å². The van der Waals surface area contributed by atoms with Crippen LogP contribution in [0.1, 0.15) is 49.7 Å². The second kappa shape index (κ2) is 8.46. The maximum atomic E-state index is 11.4. The Kier molecular flexibility index (Phi) is 6.06. The molecule has 1 atom stereocenters. The molecule has 0 bridgehead atoms. The molecule has 0 radical (unpaired) electrons. The summed E-state index contributed by atoms with van der Waals surface area (Å²) in [6.07, 6.45) is 8.01. The van der Waals surface area contributed by atoms with Crippen molar-refractivity contribution in [1.82, 2.24) is 5.32 Å². The van der Waals surface area contributed by atoms with E-state index in [0.717, 1.165) is 18.5 Å². The molecule has 1 fully saturated rings. The third-order valence-electron chi connectivity index (χ3n) is 5.23. The van der Waals surface area contributed by atoms with Crippen LogP contribution in [0.5, 0.6) is 0 Å². The molecule has 1 saturated carbocycles. The maximum Gasteiger partial charge on any atom is 0.0948 e. The molecule has 2 aromatic rings. The van der Waals surface area contributed by atoms with Gasteiger partial charge in [-0.05, 0) is 36.9 Å². The normalized spacial score (nSPS) is 18.2. The quantitative estimate of drug-likeness (QED) is 0.790. The number of benzene rings is 2. The number of hydrogen-bond donors (Lipinski definition) is 2. The third kappa shape index (κ3) is 4.68. The van der Waals surface area contributed by atoms with Gasteiger partial charge in [0.15, 0.2) is 0 Å². The fourth-order valence-electron chi connectivity index (χ4n) is 3.81. The van der Waals surface area contributed by atoms with Gasteiger partial charge in [0.2, 0.25) is 0 Å². The second-order valence-electron chi connectivity index (χ2n) is 7.10. The van der Waals surface area contributed by atoms with E-state index in [4.69, 9.17) is 0 Å². The van der Waals surface area contributed by atoms with Crippen LogP contribution in [0.4, 0.5) is 0 Å². The van der Waals surface area contributed by atoms with E-state index in [2.05, 4.69) is 17.4 Å². The summed E-state index contributed by atoms with van der Waals surface area (Å²) >= 11 is 0. The van der Waals surface area contributed by atoms with Crippen molar-refractivity contribution in [2.75, 3.05) is 6.54 Å². The molecule has 0 aromatic heterocycles. The first-order valence-electron chi connectivity index (χ1n) is 9.31. The summed E-state index contributed by atoms with van der Waals surface area (Å²) in [5, 5.41) is 15.1. The molecule has 0 amide bonds. The number of rotatable bonds is 7. The van der Waals surface area contributed by atoms with Gasteiger partial charge in [-0.3, -0.25) is 0 Å². The number of nitrogens with one attached hydrogen (secondary N) is 1. The molecule has 1 unspecified atom stereocenters. The van der Waals surface area contributed by atoms with E-state index < -0.39 is 5.60 Å². The Bertz CT molecular complexity index is 592. The Hall–Kier alpha value is -1.64. The minimum absolute atomic E-state index is 0.635. The lowest BCUT2D eigenvalue weighted by Gasteiger charge is -2.31. The van der Waals surface area contributed by atoms with E-state index in [-0.39, 0.29) is 0 Å². The predicted molar refractivity (Wildman–Crippen MR) is 100.0 cm³/mol. The van der Waals surface area contributed by atoms with E-state index >= 15 is 0 Å². The first-order valence-corrected chi connectivity index (χ1v) is 9.31. The van der Waals surface area contributed by atoms with Gasteiger partial charge in [0.1, 0.15) is 0 Å². The molecule has 0 spiro atoms. The zero-order chi connectivity index (χ0) is 16.7. The highest BCUT2D eigenvalue weighted by molar-refractivity contribution is 5.27. The summed E-state index contributed by atoms with van der Waals surface area (Å²) in [5.74, 6) is 0. The molecule has 0 saturated heterocycles. The fraction of sp³-hybridized carbons (Fsp3) is 0.455. The lowest BCUT2D eigenvalue weighted by molar-refractivity contribution is 0.0270. The van der Waals surface area contributed by atoms with E-state index in [9.17, 15) is 5.11 Å². The van der Waals surface area contributed by atoms with Gasteiger partial charge in [-0.2, -0.15) is 0 Å². The van der Waals surface area contributed by atoms with Crippen LogP contribution in [-0.2, 0) is 12.0 Å². The molecular formula is C22H29NO. The summed E-state index contributed by atoms with van der Waals surface area (Å²) in [6.45, 7) is 0.864. The lowest BCUT2D eigenvalue weighted by atomic mass is 9.84. The van der Waals surface area contributed by atoms with Gasteiger partial charge in [-0.1, -0.05) is 79.9 Å². The van der Waals surface area contributed by atoms with Crippen LogP contribution in [0.25, 0.3) is 0 Å². The maximum absolute atomic E-state index is 11.4. The largest absolute Gasteiger partial charge is 0.385 e. The van der Waals surface area contributed by atoms with Gasteiger partial charge >= 0.3 is 0 Å². The minimum Gasteiger partial charge on any atom is -0.385 e. The Morgan fingerprint density at radius 3 is 2.17 bits per heavy atom. The molecule has 2 aromatic carbocycles. The standard InChI is InChI=1S/C22H29NO/c24-22(20-12-6-2-7-13-20,18-19-10-4-1-5-11-19)16-17-23-21-14-8-3-9-15-21/h1-2,4-7,10-13,21,23-24H,3,8-9,14-18H2. The zero-order valence-corrected chi connectivity index (χ0v) is 14.5. The summed E-state index contributed by atoms with van der Waals surface area (Å²) in [4.78, 5) is 0. The van der Waals surface area contributed by atoms with Crippen LogP contribution in [0.2, 0.25) is 0 Å². The average molecular weight is 323 g/mol. The van der Waals surface area contributed by atoms with Crippen molar-refractivity contribution in [1.29, 1.82) is 0 Å². The molecule has 3 rings (SSSR count). The van der Waals surface area contributed by atoms with E-state index in [1.54, 1.807) is 0 Å². The highest BCUT2D eigenvalue weighted by atomic mass is 16.3. The highest BCUT2D eigenvalue weighted by Crippen LogP contribution is 2.29. The van der Waals surface area contributed by atoms with E-state index in [1.807, 2.05) is 48.5 Å². The van der Waals surface area contributed by atoms with Crippen LogP contribution in [0.3, 0.4) is 0 Å². The molecule has 0 heterocycles. The van der Waals surface area contributed by atoms with Crippen molar-refractivity contribution in [3.63, 3.8) is 0 Å². The highest BCUT2D eigenvalue weighted by Gasteiger charge is 2.29. The summed E-state index contributed by atoms with van der Waals surface area (Å²) in [6, 6.07) is 21.1. The Labute approximate surface area is 145 Å². The van der Waals surface area contributed by atoms with Crippen molar-refractivity contribution in [2.45, 2.75) is 56.6 Å². The Morgan fingerprint density at radius 1 is 0.875 bits per heavy atom. The minimum atomic E-state index is -0.815. The fourth-order valence-corrected chi connectivity index (χ4v) is 3.81. The number of aliphatic hydroxyl groups is 1. The van der Waals surface area contributed by atoms with Crippen LogP contribution in [-0.4, -0.2) is 17.7 Å². The molecule has 0 aliphatic heterocycles. The van der Waals surface area contributed by atoms with Crippen LogP contribution in [0.15, 0.2) is 60.7 Å². The summed E-state index contributed by atoms with van der Waals surface area (Å²) in [5.41, 5.74) is 1.38. The third-order valence-corrected chi connectivity index (χ3v) is 5.23. The lowest BCUT2D eigenvalue weighted by Crippen LogP contribution is -2.37. The van der Waals surface area contributed by atoms with Gasteiger partial charge in [0.05, 0.1) is 5.60 Å². The smallest absolute Gasteiger partial charge is 0.0948 e. The van der Waals surface area contributed by atoms with Crippen LogP contribution >= 0.6 is 0 Å². The SMILES string of the molecule is OC(CCNC1CCCCC1)(Cc1ccccc1)c1ccccc1. The monoisotopic (exact) mass is 323 g/mol. The van der Waals surface area contributed by atoms with Gasteiger partial charge in [-0.15, -0.1) is 0 Å². The first kappa shape index (κ1) is 17.2. The van der Waals surface area contributed by atoms with Crippen molar-refractivity contribution in [3.8, 4) is 0 Å². The Balaban J connectivity index is 1.67. The van der Waals surface area contributed by atoms with Gasteiger partial charge < -0.3 is 10.4 Å². The molecule has 2 heteroatoms. The molecule has 128 valence electrons. The first-order chi connectivity index (χ1) is 11.8. The van der Waals surface area contributed by atoms with Crippen LogP contribution in [0, 0.1) is 0 Å².